The van der Waals surface area contributed by atoms with Gasteiger partial charge >= 0.3 is 5.97 Å². The average Bonchev–Trinajstić information content (AvgIpc) is 3.10. The van der Waals surface area contributed by atoms with Crippen LogP contribution in [0.4, 0.5) is 0 Å². The summed E-state index contributed by atoms with van der Waals surface area (Å²) in [6.07, 6.45) is 0. The minimum absolute atomic E-state index is 0.0266. The number of phenols is 1. The highest BCUT2D eigenvalue weighted by Crippen LogP contribution is 2.19. The van der Waals surface area contributed by atoms with Crippen molar-refractivity contribution in [2.24, 2.45) is 7.05 Å². The molecule has 4 aromatic rings. The van der Waals surface area contributed by atoms with Crippen molar-refractivity contribution in [1.82, 2.24) is 19.2 Å². The molecule has 8 nitrogen and oxygen atoms in total. The van der Waals surface area contributed by atoms with Crippen LogP contribution in [0.15, 0.2) is 41.2 Å². The fraction of sp³-hybridized carbons (Fsp3) is 0.200. The standard InChI is InChI=1S/C20H18N4O4/c1-11-4-7-15-14(8-11)18(26)23(3)20-22-21-17(24(15)20)10-28-19(27)13-6-5-12(2)16(25)9-13/h4-9,25H,10H2,1-3H3. The molecular weight excluding hydrogens is 360 g/mol. The Morgan fingerprint density at radius 2 is 1.93 bits per heavy atom. The number of hydrogen-bond donors (Lipinski definition) is 1. The molecule has 2 heterocycles. The van der Waals surface area contributed by atoms with Gasteiger partial charge in [-0.25, -0.2) is 4.79 Å². The molecule has 0 atom stereocenters. The van der Waals surface area contributed by atoms with Gasteiger partial charge in [0.25, 0.3) is 5.56 Å². The van der Waals surface area contributed by atoms with Crippen LogP contribution in [-0.4, -0.2) is 30.2 Å². The Balaban J connectivity index is 1.73. The molecule has 0 unspecified atom stereocenters. The number of carbonyl (C=O) groups excluding carboxylic acids is 1. The van der Waals surface area contributed by atoms with Gasteiger partial charge in [-0.3, -0.25) is 13.8 Å². The predicted octanol–water partition coefficient (Wildman–Crippen LogP) is 2.26. The number of benzene rings is 2. The van der Waals surface area contributed by atoms with Gasteiger partial charge in [-0.15, -0.1) is 10.2 Å². The number of nitrogens with zero attached hydrogens (tertiary/aromatic N) is 4. The van der Waals surface area contributed by atoms with E-state index in [1.807, 2.05) is 25.1 Å². The molecule has 4 rings (SSSR count). The monoisotopic (exact) mass is 378 g/mol. The van der Waals surface area contributed by atoms with Gasteiger partial charge in [0.2, 0.25) is 5.78 Å². The minimum atomic E-state index is -0.586. The molecule has 1 N–H and O–H groups in total. The molecule has 0 saturated heterocycles. The summed E-state index contributed by atoms with van der Waals surface area (Å²) in [4.78, 5) is 24.9. The second-order valence-electron chi connectivity index (χ2n) is 6.71. The van der Waals surface area contributed by atoms with Crippen molar-refractivity contribution in [3.63, 3.8) is 0 Å². The number of aromatic hydroxyl groups is 1. The minimum Gasteiger partial charge on any atom is -0.508 e. The van der Waals surface area contributed by atoms with Crippen molar-refractivity contribution in [3.8, 4) is 5.75 Å². The van der Waals surface area contributed by atoms with Crippen LogP contribution in [0.1, 0.15) is 27.3 Å². The fourth-order valence-electron chi connectivity index (χ4n) is 3.10. The lowest BCUT2D eigenvalue weighted by molar-refractivity contribution is 0.0461. The van der Waals surface area contributed by atoms with Crippen molar-refractivity contribution in [1.29, 1.82) is 0 Å². The molecule has 0 aliphatic rings. The van der Waals surface area contributed by atoms with Crippen LogP contribution >= 0.6 is 0 Å². The Hall–Kier alpha value is -3.68. The van der Waals surface area contributed by atoms with Crippen molar-refractivity contribution < 1.29 is 14.6 Å². The van der Waals surface area contributed by atoms with Gasteiger partial charge in [0.05, 0.1) is 16.5 Å². The molecule has 8 heteroatoms. The SMILES string of the molecule is Cc1ccc2c(c1)c(=O)n(C)c1nnc(COC(=O)c3ccc(C)c(O)c3)n21. The summed E-state index contributed by atoms with van der Waals surface area (Å²) in [5, 5.41) is 18.5. The predicted molar refractivity (Wildman–Crippen MR) is 102 cm³/mol. The molecule has 0 bridgehead atoms. The normalized spacial score (nSPS) is 11.2. The summed E-state index contributed by atoms with van der Waals surface area (Å²) in [5.41, 5.74) is 2.35. The highest BCUT2D eigenvalue weighted by atomic mass is 16.5. The van der Waals surface area contributed by atoms with Crippen LogP contribution in [0.2, 0.25) is 0 Å². The lowest BCUT2D eigenvalue weighted by Crippen LogP contribution is -2.20. The summed E-state index contributed by atoms with van der Waals surface area (Å²) < 4.78 is 8.48. The van der Waals surface area contributed by atoms with Gasteiger partial charge < -0.3 is 9.84 Å². The quantitative estimate of drug-likeness (QED) is 0.549. The van der Waals surface area contributed by atoms with Crippen LogP contribution in [0.3, 0.4) is 0 Å². The molecule has 0 spiro atoms. The number of aromatic nitrogens is 4. The number of carbonyl (C=O) groups is 1. The number of esters is 1. The summed E-state index contributed by atoms with van der Waals surface area (Å²) in [7, 11) is 1.62. The second kappa shape index (κ2) is 6.49. The maximum absolute atomic E-state index is 12.6. The molecule has 0 saturated carbocycles. The summed E-state index contributed by atoms with van der Waals surface area (Å²) in [5.74, 6) is 0.195. The first-order valence-corrected chi connectivity index (χ1v) is 8.67. The number of fused-ring (bicyclic) bond motifs is 3. The van der Waals surface area contributed by atoms with Gasteiger partial charge in [-0.1, -0.05) is 17.7 Å². The van der Waals surface area contributed by atoms with E-state index in [1.54, 1.807) is 30.5 Å². The van der Waals surface area contributed by atoms with E-state index < -0.39 is 5.97 Å². The third kappa shape index (κ3) is 2.79. The highest BCUT2D eigenvalue weighted by Gasteiger charge is 2.17. The number of phenolic OH excluding ortho intramolecular Hbond substituents is 1. The smallest absolute Gasteiger partial charge is 0.338 e. The molecule has 2 aromatic heterocycles. The first-order valence-electron chi connectivity index (χ1n) is 8.67. The van der Waals surface area contributed by atoms with Crippen LogP contribution in [0.25, 0.3) is 16.7 Å². The lowest BCUT2D eigenvalue weighted by atomic mass is 10.1. The van der Waals surface area contributed by atoms with Gasteiger partial charge in [-0.05, 0) is 43.7 Å². The Labute approximate surface area is 159 Å². The molecule has 0 radical (unpaired) electrons. The van der Waals surface area contributed by atoms with E-state index in [4.69, 9.17) is 4.74 Å². The third-order valence-corrected chi connectivity index (χ3v) is 4.72. The van der Waals surface area contributed by atoms with Gasteiger partial charge in [0.1, 0.15) is 5.75 Å². The fourth-order valence-corrected chi connectivity index (χ4v) is 3.10. The van der Waals surface area contributed by atoms with Crippen molar-refractivity contribution in [2.75, 3.05) is 0 Å². The molecule has 0 amide bonds. The van der Waals surface area contributed by atoms with E-state index in [0.29, 0.717) is 28.1 Å². The van der Waals surface area contributed by atoms with E-state index in [0.717, 1.165) is 5.56 Å². The molecule has 28 heavy (non-hydrogen) atoms. The zero-order valence-corrected chi connectivity index (χ0v) is 15.6. The van der Waals surface area contributed by atoms with E-state index in [2.05, 4.69) is 10.2 Å². The maximum Gasteiger partial charge on any atom is 0.338 e. The summed E-state index contributed by atoms with van der Waals surface area (Å²) in [6.45, 7) is 3.52. The second-order valence-corrected chi connectivity index (χ2v) is 6.71. The van der Waals surface area contributed by atoms with Gasteiger partial charge in [0, 0.05) is 7.05 Å². The van der Waals surface area contributed by atoms with Crippen LogP contribution < -0.4 is 5.56 Å². The topological polar surface area (TPSA) is 98.7 Å². The molecule has 0 fully saturated rings. The average molecular weight is 378 g/mol. The van der Waals surface area contributed by atoms with Crippen molar-refractivity contribution in [2.45, 2.75) is 20.5 Å². The number of aryl methyl sites for hydroxylation is 3. The number of rotatable bonds is 3. The Bertz CT molecular complexity index is 1300. The molecular formula is C20H18N4O4. The molecule has 0 aliphatic carbocycles. The van der Waals surface area contributed by atoms with E-state index in [9.17, 15) is 14.7 Å². The van der Waals surface area contributed by atoms with Crippen molar-refractivity contribution >= 4 is 22.6 Å². The van der Waals surface area contributed by atoms with Gasteiger partial charge in [-0.2, -0.15) is 0 Å². The summed E-state index contributed by atoms with van der Waals surface area (Å²) >= 11 is 0. The van der Waals surface area contributed by atoms with E-state index >= 15 is 0 Å². The Morgan fingerprint density at radius 3 is 2.68 bits per heavy atom. The van der Waals surface area contributed by atoms with Crippen LogP contribution in [-0.2, 0) is 18.4 Å². The molecule has 142 valence electrons. The summed E-state index contributed by atoms with van der Waals surface area (Å²) in [6, 6.07) is 10.1. The zero-order valence-electron chi connectivity index (χ0n) is 15.6. The Kier molecular flexibility index (Phi) is 4.11. The zero-order chi connectivity index (χ0) is 20.0. The number of ether oxygens (including phenoxy) is 1. The van der Waals surface area contributed by atoms with Crippen LogP contribution in [0, 0.1) is 13.8 Å². The van der Waals surface area contributed by atoms with Crippen LogP contribution in [0.5, 0.6) is 5.75 Å². The Morgan fingerprint density at radius 1 is 1.14 bits per heavy atom. The lowest BCUT2D eigenvalue weighted by Gasteiger charge is -2.09. The van der Waals surface area contributed by atoms with Gasteiger partial charge in [0.15, 0.2) is 12.4 Å². The largest absolute Gasteiger partial charge is 0.508 e. The first-order chi connectivity index (χ1) is 13.4. The van der Waals surface area contributed by atoms with E-state index in [-0.39, 0.29) is 23.5 Å². The highest BCUT2D eigenvalue weighted by molar-refractivity contribution is 5.90. The number of hydrogen-bond acceptors (Lipinski definition) is 6. The first kappa shape index (κ1) is 17.7. The van der Waals surface area contributed by atoms with E-state index in [1.165, 1.54) is 10.6 Å². The molecule has 2 aromatic carbocycles. The van der Waals surface area contributed by atoms with Crippen molar-refractivity contribution in [3.05, 3.63) is 69.3 Å². The molecule has 0 aliphatic heterocycles. The third-order valence-electron chi connectivity index (χ3n) is 4.72. The maximum atomic E-state index is 12.6.